The van der Waals surface area contributed by atoms with Gasteiger partial charge in [-0.2, -0.15) is 0 Å². The number of carbonyl (C=O) groups excluding carboxylic acids is 2. The van der Waals surface area contributed by atoms with Gasteiger partial charge in [0.05, 0.1) is 12.5 Å². The molecule has 3 aliphatic rings. The molecule has 1 N–H and O–H groups in total. The highest BCUT2D eigenvalue weighted by molar-refractivity contribution is 5.92. The molecule has 0 aromatic heterocycles. The normalized spacial score (nSPS) is 22.5. The van der Waals surface area contributed by atoms with Gasteiger partial charge in [-0.3, -0.25) is 14.5 Å². The van der Waals surface area contributed by atoms with Crippen LogP contribution in [-0.2, 0) is 9.59 Å². The van der Waals surface area contributed by atoms with Crippen LogP contribution in [0.3, 0.4) is 0 Å². The van der Waals surface area contributed by atoms with E-state index in [0.29, 0.717) is 43.5 Å². The standard InChI is InChI=1S/C19H25N3O4/c23-18(20-15-3-4-16-17(11-15)26-10-9-25-16)13-21-8-5-14(12-21)19(24)22-6-1-2-7-22/h3-4,11,14H,1-2,5-10,12-13H2,(H,20,23). The number of amides is 2. The highest BCUT2D eigenvalue weighted by atomic mass is 16.6. The molecule has 26 heavy (non-hydrogen) atoms. The van der Waals surface area contributed by atoms with Crippen molar-refractivity contribution in [3.63, 3.8) is 0 Å². The van der Waals surface area contributed by atoms with Gasteiger partial charge in [0.1, 0.15) is 13.2 Å². The minimum absolute atomic E-state index is 0.0372. The zero-order valence-corrected chi connectivity index (χ0v) is 14.9. The zero-order valence-electron chi connectivity index (χ0n) is 14.9. The Kier molecular flexibility index (Phi) is 4.97. The average molecular weight is 359 g/mol. The predicted molar refractivity (Wildman–Crippen MR) is 96.4 cm³/mol. The Hall–Kier alpha value is -2.28. The maximum Gasteiger partial charge on any atom is 0.238 e. The largest absolute Gasteiger partial charge is 0.486 e. The number of carbonyl (C=O) groups is 2. The topological polar surface area (TPSA) is 71.1 Å². The molecule has 2 amide bonds. The lowest BCUT2D eigenvalue weighted by atomic mass is 10.1. The molecule has 2 fully saturated rings. The predicted octanol–water partition coefficient (Wildman–Crippen LogP) is 1.34. The van der Waals surface area contributed by atoms with Crippen LogP contribution in [-0.4, -0.2) is 67.6 Å². The lowest BCUT2D eigenvalue weighted by Gasteiger charge is -2.21. The van der Waals surface area contributed by atoms with E-state index in [-0.39, 0.29) is 17.7 Å². The van der Waals surface area contributed by atoms with E-state index in [1.807, 2.05) is 17.0 Å². The summed E-state index contributed by atoms with van der Waals surface area (Å²) in [6.07, 6.45) is 3.06. The molecule has 7 heteroatoms. The van der Waals surface area contributed by atoms with Gasteiger partial charge in [-0.25, -0.2) is 0 Å². The van der Waals surface area contributed by atoms with E-state index < -0.39 is 0 Å². The summed E-state index contributed by atoms with van der Waals surface area (Å²) < 4.78 is 11.0. The van der Waals surface area contributed by atoms with E-state index in [9.17, 15) is 9.59 Å². The Balaban J connectivity index is 1.28. The third kappa shape index (κ3) is 3.77. The molecular formula is C19H25N3O4. The molecule has 140 valence electrons. The van der Waals surface area contributed by atoms with Crippen molar-refractivity contribution in [3.8, 4) is 11.5 Å². The smallest absolute Gasteiger partial charge is 0.238 e. The molecule has 0 saturated carbocycles. The van der Waals surface area contributed by atoms with Crippen molar-refractivity contribution in [1.82, 2.24) is 9.80 Å². The summed E-state index contributed by atoms with van der Waals surface area (Å²) in [5, 5.41) is 2.91. The first-order valence-corrected chi connectivity index (χ1v) is 9.40. The molecule has 0 spiro atoms. The van der Waals surface area contributed by atoms with Crippen LogP contribution >= 0.6 is 0 Å². The van der Waals surface area contributed by atoms with Crippen LogP contribution in [0.4, 0.5) is 5.69 Å². The third-order valence-corrected chi connectivity index (χ3v) is 5.23. The lowest BCUT2D eigenvalue weighted by molar-refractivity contribution is -0.134. The van der Waals surface area contributed by atoms with Crippen LogP contribution in [0.5, 0.6) is 11.5 Å². The Labute approximate surface area is 153 Å². The first-order valence-electron chi connectivity index (χ1n) is 9.40. The van der Waals surface area contributed by atoms with Gasteiger partial charge in [-0.05, 0) is 37.9 Å². The van der Waals surface area contributed by atoms with Crippen molar-refractivity contribution < 1.29 is 19.1 Å². The summed E-state index contributed by atoms with van der Waals surface area (Å²) in [6.45, 7) is 4.61. The van der Waals surface area contributed by atoms with Gasteiger partial charge in [0.2, 0.25) is 11.8 Å². The Morgan fingerprint density at radius 2 is 1.85 bits per heavy atom. The average Bonchev–Trinajstić information content (AvgIpc) is 3.33. The van der Waals surface area contributed by atoms with Gasteiger partial charge in [-0.1, -0.05) is 0 Å². The number of anilines is 1. The quantitative estimate of drug-likeness (QED) is 0.878. The number of ether oxygens (including phenoxy) is 2. The minimum atomic E-state index is -0.0732. The van der Waals surface area contributed by atoms with Crippen molar-refractivity contribution in [1.29, 1.82) is 0 Å². The molecule has 2 saturated heterocycles. The van der Waals surface area contributed by atoms with Gasteiger partial charge in [0, 0.05) is 31.4 Å². The van der Waals surface area contributed by atoms with Crippen LogP contribution in [0.25, 0.3) is 0 Å². The molecule has 4 rings (SSSR count). The number of likely N-dealkylation sites (tertiary alicyclic amines) is 2. The molecular weight excluding hydrogens is 334 g/mol. The van der Waals surface area contributed by atoms with Crippen molar-refractivity contribution in [2.45, 2.75) is 19.3 Å². The molecule has 3 heterocycles. The van der Waals surface area contributed by atoms with E-state index in [2.05, 4.69) is 10.2 Å². The number of nitrogens with zero attached hydrogens (tertiary/aromatic N) is 2. The summed E-state index contributed by atoms with van der Waals surface area (Å²) in [7, 11) is 0. The van der Waals surface area contributed by atoms with Crippen molar-refractivity contribution >= 4 is 17.5 Å². The van der Waals surface area contributed by atoms with E-state index in [0.717, 1.165) is 38.9 Å². The number of benzene rings is 1. The summed E-state index contributed by atoms with van der Waals surface area (Å²) in [6, 6.07) is 5.41. The van der Waals surface area contributed by atoms with Crippen molar-refractivity contribution in [3.05, 3.63) is 18.2 Å². The monoisotopic (exact) mass is 359 g/mol. The zero-order chi connectivity index (χ0) is 17.9. The summed E-state index contributed by atoms with van der Waals surface area (Å²) in [5.41, 5.74) is 0.697. The Morgan fingerprint density at radius 1 is 1.08 bits per heavy atom. The fraction of sp³-hybridized carbons (Fsp3) is 0.579. The summed E-state index contributed by atoms with van der Waals surface area (Å²) >= 11 is 0. The molecule has 0 radical (unpaired) electrons. The van der Waals surface area contributed by atoms with Crippen LogP contribution in [0, 0.1) is 5.92 Å². The number of rotatable bonds is 4. The number of hydrogen-bond acceptors (Lipinski definition) is 5. The molecule has 0 aliphatic carbocycles. The van der Waals surface area contributed by atoms with Crippen LogP contribution in [0.1, 0.15) is 19.3 Å². The van der Waals surface area contributed by atoms with E-state index in [1.54, 1.807) is 6.07 Å². The second-order valence-corrected chi connectivity index (χ2v) is 7.16. The highest BCUT2D eigenvalue weighted by Gasteiger charge is 2.33. The van der Waals surface area contributed by atoms with Gasteiger partial charge >= 0.3 is 0 Å². The second kappa shape index (κ2) is 7.53. The highest BCUT2D eigenvalue weighted by Crippen LogP contribution is 2.32. The van der Waals surface area contributed by atoms with E-state index in [1.165, 1.54) is 0 Å². The molecule has 1 aromatic rings. The molecule has 0 bridgehead atoms. The second-order valence-electron chi connectivity index (χ2n) is 7.16. The number of fused-ring (bicyclic) bond motifs is 1. The molecule has 1 aromatic carbocycles. The number of hydrogen-bond donors (Lipinski definition) is 1. The SMILES string of the molecule is O=C(CN1CCC(C(=O)N2CCCC2)C1)Nc1ccc2c(c1)OCCO2. The van der Waals surface area contributed by atoms with E-state index in [4.69, 9.17) is 9.47 Å². The minimum Gasteiger partial charge on any atom is -0.486 e. The first-order chi connectivity index (χ1) is 12.7. The molecule has 3 aliphatic heterocycles. The summed E-state index contributed by atoms with van der Waals surface area (Å²) in [4.78, 5) is 28.9. The van der Waals surface area contributed by atoms with Crippen molar-refractivity contribution in [2.24, 2.45) is 5.92 Å². The lowest BCUT2D eigenvalue weighted by Crippen LogP contribution is -2.37. The first kappa shape index (κ1) is 17.1. The van der Waals surface area contributed by atoms with Gasteiger partial charge in [0.25, 0.3) is 0 Å². The van der Waals surface area contributed by atoms with Gasteiger partial charge in [0.15, 0.2) is 11.5 Å². The fourth-order valence-corrected chi connectivity index (χ4v) is 3.90. The van der Waals surface area contributed by atoms with E-state index >= 15 is 0 Å². The van der Waals surface area contributed by atoms with Crippen LogP contribution in [0.2, 0.25) is 0 Å². The van der Waals surface area contributed by atoms with Crippen LogP contribution in [0.15, 0.2) is 18.2 Å². The van der Waals surface area contributed by atoms with Crippen LogP contribution < -0.4 is 14.8 Å². The third-order valence-electron chi connectivity index (χ3n) is 5.23. The number of nitrogens with one attached hydrogen (secondary N) is 1. The summed E-state index contributed by atoms with van der Waals surface area (Å²) in [5.74, 6) is 1.59. The molecule has 7 nitrogen and oxygen atoms in total. The molecule has 1 unspecified atom stereocenters. The van der Waals surface area contributed by atoms with Gasteiger partial charge in [-0.15, -0.1) is 0 Å². The fourth-order valence-electron chi connectivity index (χ4n) is 3.90. The van der Waals surface area contributed by atoms with Gasteiger partial charge < -0.3 is 19.7 Å². The van der Waals surface area contributed by atoms with Crippen molar-refractivity contribution in [2.75, 3.05) is 51.3 Å². The Morgan fingerprint density at radius 3 is 2.65 bits per heavy atom. The maximum absolute atomic E-state index is 12.5. The Bertz CT molecular complexity index is 687. The molecule has 1 atom stereocenters. The maximum atomic E-state index is 12.5.